The zero-order valence-electron chi connectivity index (χ0n) is 18.7. The molecule has 0 heterocycles. The summed E-state index contributed by atoms with van der Waals surface area (Å²) in [7, 11) is 1.50. The van der Waals surface area contributed by atoms with Gasteiger partial charge in [-0.3, -0.25) is 9.59 Å². The molecular formula is C27H21N3O5. The van der Waals surface area contributed by atoms with Gasteiger partial charge >= 0.3 is 17.8 Å². The third-order valence-electron chi connectivity index (χ3n) is 5.01. The molecule has 2 amide bonds. The molecule has 0 radical (unpaired) electrons. The molecular weight excluding hydrogens is 446 g/mol. The number of fused-ring (bicyclic) bond motifs is 1. The lowest BCUT2D eigenvalue weighted by atomic mass is 10.0. The van der Waals surface area contributed by atoms with Gasteiger partial charge in [-0.25, -0.2) is 10.2 Å². The van der Waals surface area contributed by atoms with Gasteiger partial charge in [0.2, 0.25) is 0 Å². The van der Waals surface area contributed by atoms with Crippen molar-refractivity contribution in [1.82, 2.24) is 5.43 Å². The first kappa shape index (κ1) is 23.2. The molecule has 8 heteroatoms. The van der Waals surface area contributed by atoms with Gasteiger partial charge in [-0.05, 0) is 58.8 Å². The van der Waals surface area contributed by atoms with Crippen molar-refractivity contribution < 1.29 is 23.9 Å². The van der Waals surface area contributed by atoms with E-state index in [-0.39, 0.29) is 0 Å². The summed E-state index contributed by atoms with van der Waals surface area (Å²) in [4.78, 5) is 36.6. The van der Waals surface area contributed by atoms with E-state index in [9.17, 15) is 14.4 Å². The van der Waals surface area contributed by atoms with Gasteiger partial charge in [0.25, 0.3) is 0 Å². The summed E-state index contributed by atoms with van der Waals surface area (Å²) in [5.74, 6) is -1.34. The van der Waals surface area contributed by atoms with Gasteiger partial charge in [0, 0.05) is 11.8 Å². The number of methoxy groups -OCH3 is 1. The van der Waals surface area contributed by atoms with Gasteiger partial charge in [-0.1, -0.05) is 42.5 Å². The predicted octanol–water partition coefficient (Wildman–Crippen LogP) is 4.16. The van der Waals surface area contributed by atoms with E-state index < -0.39 is 17.8 Å². The lowest BCUT2D eigenvalue weighted by molar-refractivity contribution is -0.136. The van der Waals surface area contributed by atoms with Crippen LogP contribution in [0.5, 0.6) is 11.5 Å². The fourth-order valence-electron chi connectivity index (χ4n) is 3.29. The molecule has 35 heavy (non-hydrogen) atoms. The average molecular weight is 467 g/mol. The topological polar surface area (TPSA) is 106 Å². The second-order valence-electron chi connectivity index (χ2n) is 7.37. The number of ether oxygens (including phenoxy) is 2. The van der Waals surface area contributed by atoms with Crippen molar-refractivity contribution >= 4 is 40.5 Å². The number of anilines is 1. The van der Waals surface area contributed by atoms with Crippen molar-refractivity contribution in [2.24, 2.45) is 5.10 Å². The highest BCUT2D eigenvalue weighted by Gasteiger charge is 2.14. The first-order chi connectivity index (χ1) is 17.0. The zero-order chi connectivity index (χ0) is 24.6. The fourth-order valence-corrected chi connectivity index (χ4v) is 3.29. The maximum absolute atomic E-state index is 12.6. The molecule has 0 bridgehead atoms. The Bertz CT molecular complexity index is 1410. The van der Waals surface area contributed by atoms with Crippen LogP contribution >= 0.6 is 0 Å². The Morgan fingerprint density at radius 1 is 0.800 bits per heavy atom. The van der Waals surface area contributed by atoms with E-state index in [1.807, 2.05) is 36.4 Å². The van der Waals surface area contributed by atoms with Crippen molar-refractivity contribution in [2.45, 2.75) is 0 Å². The highest BCUT2D eigenvalue weighted by atomic mass is 16.5. The summed E-state index contributed by atoms with van der Waals surface area (Å²) in [6, 6.07) is 26.2. The molecule has 0 fully saturated rings. The van der Waals surface area contributed by atoms with Crippen LogP contribution < -0.4 is 20.2 Å². The molecule has 0 aliphatic rings. The third-order valence-corrected chi connectivity index (χ3v) is 5.01. The number of carbonyl (C=O) groups is 3. The number of rotatable bonds is 6. The molecule has 0 spiro atoms. The summed E-state index contributed by atoms with van der Waals surface area (Å²) >= 11 is 0. The summed E-state index contributed by atoms with van der Waals surface area (Å²) in [6.45, 7) is 0. The van der Waals surface area contributed by atoms with Crippen LogP contribution in [-0.2, 0) is 9.59 Å². The summed E-state index contributed by atoms with van der Waals surface area (Å²) in [5, 5.41) is 8.02. The Morgan fingerprint density at radius 2 is 1.54 bits per heavy atom. The minimum atomic E-state index is -0.926. The second kappa shape index (κ2) is 10.8. The van der Waals surface area contributed by atoms with E-state index in [4.69, 9.17) is 9.47 Å². The van der Waals surface area contributed by atoms with E-state index in [1.165, 1.54) is 13.3 Å². The SMILES string of the molecule is COc1cccc(NC(=O)C(=O)N/N=C\c2ccc(OC(=O)c3cccc4ccccc34)cc2)c1. The Kier molecular flexibility index (Phi) is 7.13. The van der Waals surface area contributed by atoms with Crippen LogP contribution in [0.1, 0.15) is 15.9 Å². The number of nitrogens with one attached hydrogen (secondary N) is 2. The molecule has 8 nitrogen and oxygen atoms in total. The van der Waals surface area contributed by atoms with Crippen LogP contribution in [0.3, 0.4) is 0 Å². The van der Waals surface area contributed by atoms with Crippen LogP contribution in [0.2, 0.25) is 0 Å². The van der Waals surface area contributed by atoms with Crippen LogP contribution in [-0.4, -0.2) is 31.1 Å². The number of esters is 1. The number of hydrazone groups is 1. The van der Waals surface area contributed by atoms with E-state index in [0.29, 0.717) is 28.3 Å². The average Bonchev–Trinajstić information content (AvgIpc) is 2.89. The van der Waals surface area contributed by atoms with Gasteiger partial charge in [0.1, 0.15) is 11.5 Å². The number of amides is 2. The minimum absolute atomic E-state index is 0.363. The first-order valence-corrected chi connectivity index (χ1v) is 10.6. The predicted molar refractivity (Wildman–Crippen MR) is 133 cm³/mol. The Hall–Kier alpha value is -4.98. The van der Waals surface area contributed by atoms with Crippen LogP contribution in [0.4, 0.5) is 5.69 Å². The van der Waals surface area contributed by atoms with Gasteiger partial charge < -0.3 is 14.8 Å². The molecule has 0 saturated carbocycles. The van der Waals surface area contributed by atoms with Crippen LogP contribution in [0, 0.1) is 0 Å². The molecule has 0 aromatic heterocycles. The van der Waals surface area contributed by atoms with Crippen molar-refractivity contribution in [2.75, 3.05) is 12.4 Å². The van der Waals surface area contributed by atoms with Crippen molar-refractivity contribution in [1.29, 1.82) is 0 Å². The summed E-state index contributed by atoms with van der Waals surface area (Å²) in [6.07, 6.45) is 1.37. The Morgan fingerprint density at radius 3 is 2.34 bits per heavy atom. The highest BCUT2D eigenvalue weighted by Crippen LogP contribution is 2.21. The first-order valence-electron chi connectivity index (χ1n) is 10.6. The molecule has 4 aromatic rings. The van der Waals surface area contributed by atoms with E-state index in [1.54, 1.807) is 54.6 Å². The summed E-state index contributed by atoms with van der Waals surface area (Å²) < 4.78 is 10.6. The quantitative estimate of drug-likeness (QED) is 0.146. The van der Waals surface area contributed by atoms with E-state index >= 15 is 0 Å². The lowest BCUT2D eigenvalue weighted by Gasteiger charge is -2.07. The molecule has 2 N–H and O–H groups in total. The number of carbonyl (C=O) groups excluding carboxylic acids is 3. The maximum Gasteiger partial charge on any atom is 0.344 e. The second-order valence-corrected chi connectivity index (χ2v) is 7.37. The molecule has 0 saturated heterocycles. The fraction of sp³-hybridized carbons (Fsp3) is 0.0370. The molecule has 174 valence electrons. The molecule has 0 aliphatic carbocycles. The van der Waals surface area contributed by atoms with Crippen molar-refractivity contribution in [3.8, 4) is 11.5 Å². The Labute approximate surface area is 201 Å². The number of nitrogens with zero attached hydrogens (tertiary/aromatic N) is 1. The molecule has 0 unspecified atom stereocenters. The van der Waals surface area contributed by atoms with Gasteiger partial charge in [0.15, 0.2) is 0 Å². The number of hydrogen-bond donors (Lipinski definition) is 2. The standard InChI is InChI=1S/C27H21N3O5/c1-34-22-9-5-8-20(16-22)29-25(31)26(32)30-28-17-18-12-14-21(15-13-18)35-27(33)24-11-4-7-19-6-2-3-10-23(19)24/h2-17H,1H3,(H,29,31)(H,30,32)/b28-17-. The number of hydrogen-bond acceptors (Lipinski definition) is 6. The largest absolute Gasteiger partial charge is 0.497 e. The maximum atomic E-state index is 12.6. The highest BCUT2D eigenvalue weighted by molar-refractivity contribution is 6.39. The van der Waals surface area contributed by atoms with Gasteiger partial charge in [-0.2, -0.15) is 5.10 Å². The molecule has 0 aliphatic heterocycles. The zero-order valence-corrected chi connectivity index (χ0v) is 18.7. The van der Waals surface area contributed by atoms with E-state index in [0.717, 1.165) is 10.8 Å². The normalized spacial score (nSPS) is 10.7. The monoisotopic (exact) mass is 467 g/mol. The van der Waals surface area contributed by atoms with Gasteiger partial charge in [-0.15, -0.1) is 0 Å². The third kappa shape index (κ3) is 5.88. The Balaban J connectivity index is 1.32. The molecule has 4 aromatic carbocycles. The minimum Gasteiger partial charge on any atom is -0.497 e. The van der Waals surface area contributed by atoms with Crippen molar-refractivity contribution in [3.63, 3.8) is 0 Å². The van der Waals surface area contributed by atoms with Gasteiger partial charge in [0.05, 0.1) is 18.9 Å². The van der Waals surface area contributed by atoms with E-state index in [2.05, 4.69) is 15.8 Å². The molecule has 4 rings (SSSR count). The van der Waals surface area contributed by atoms with Crippen molar-refractivity contribution in [3.05, 3.63) is 102 Å². The lowest BCUT2D eigenvalue weighted by Crippen LogP contribution is -2.32. The number of benzene rings is 4. The summed E-state index contributed by atoms with van der Waals surface area (Å²) in [5.41, 5.74) is 3.69. The smallest absolute Gasteiger partial charge is 0.344 e. The van der Waals surface area contributed by atoms with Crippen LogP contribution in [0.15, 0.2) is 96.1 Å². The van der Waals surface area contributed by atoms with Crippen LogP contribution in [0.25, 0.3) is 10.8 Å². The molecule has 0 atom stereocenters.